The van der Waals surface area contributed by atoms with Gasteiger partial charge in [0.15, 0.2) is 0 Å². The van der Waals surface area contributed by atoms with E-state index in [1.165, 1.54) is 24.7 Å². The maximum absolute atomic E-state index is 13.8. The Hall–Kier alpha value is -3.46. The molecule has 0 saturated carbocycles. The Morgan fingerprint density at radius 1 is 1.21 bits per heavy atom. The van der Waals surface area contributed by atoms with Gasteiger partial charge in [0.05, 0.1) is 16.9 Å². The lowest BCUT2D eigenvalue weighted by Gasteiger charge is -2.14. The Morgan fingerprint density at radius 3 is 2.89 bits per heavy atom. The van der Waals surface area contributed by atoms with Crippen molar-refractivity contribution in [2.75, 3.05) is 5.32 Å². The third-order valence-electron chi connectivity index (χ3n) is 4.09. The number of aromatic nitrogens is 3. The number of halogens is 1. The van der Waals surface area contributed by atoms with Gasteiger partial charge in [-0.25, -0.2) is 14.4 Å². The molecule has 0 spiro atoms. The number of hydrogen-bond donors (Lipinski definition) is 1. The zero-order valence-electron chi connectivity index (χ0n) is 14.7. The average molecular weight is 395 g/mol. The predicted octanol–water partition coefficient (Wildman–Crippen LogP) is 4.75. The van der Waals surface area contributed by atoms with Gasteiger partial charge < -0.3 is 14.6 Å². The summed E-state index contributed by atoms with van der Waals surface area (Å²) in [5.74, 6) is 0.474. The van der Waals surface area contributed by atoms with Gasteiger partial charge in [-0.2, -0.15) is 4.36 Å². The smallest absolute Gasteiger partial charge is 0.146 e. The number of hydrogen-bond acceptors (Lipinski definition) is 8. The van der Waals surface area contributed by atoms with Crippen LogP contribution in [-0.2, 0) is 19.0 Å². The number of nitrogens with one attached hydrogen (secondary N) is 1. The van der Waals surface area contributed by atoms with Crippen LogP contribution in [-0.4, -0.2) is 15.1 Å². The fraction of sp³-hybridized carbons (Fsp3) is 0.105. The van der Waals surface area contributed by atoms with Crippen LogP contribution in [0.1, 0.15) is 11.3 Å². The molecule has 7 nitrogen and oxygen atoms in total. The predicted molar refractivity (Wildman–Crippen MR) is 104 cm³/mol. The van der Waals surface area contributed by atoms with Crippen LogP contribution in [0.5, 0.6) is 5.75 Å². The SMILES string of the molecule is Cc1cc(N=S)cc2ncnc(Nc3ccc(F)cc3OCc3ccon3)c12. The van der Waals surface area contributed by atoms with Gasteiger partial charge in [0.2, 0.25) is 0 Å². The Labute approximate surface area is 164 Å². The van der Waals surface area contributed by atoms with Gasteiger partial charge in [0.25, 0.3) is 0 Å². The molecule has 0 aliphatic carbocycles. The van der Waals surface area contributed by atoms with Crippen LogP contribution in [0.2, 0.25) is 0 Å². The lowest BCUT2D eigenvalue weighted by Crippen LogP contribution is -2.02. The average Bonchev–Trinajstić information content (AvgIpc) is 3.21. The molecule has 140 valence electrons. The van der Waals surface area contributed by atoms with E-state index < -0.39 is 5.82 Å². The number of aryl methyl sites for hydroxylation is 1. The van der Waals surface area contributed by atoms with E-state index in [9.17, 15) is 4.39 Å². The van der Waals surface area contributed by atoms with Crippen LogP contribution >= 0.6 is 0 Å². The van der Waals surface area contributed by atoms with E-state index in [1.54, 1.807) is 18.2 Å². The summed E-state index contributed by atoms with van der Waals surface area (Å²) in [6, 6.07) is 9.55. The van der Waals surface area contributed by atoms with Crippen molar-refractivity contribution in [3.05, 3.63) is 66.1 Å². The highest BCUT2D eigenvalue weighted by Crippen LogP contribution is 2.33. The molecule has 0 aliphatic rings. The van der Waals surface area contributed by atoms with E-state index in [1.807, 2.05) is 13.0 Å². The van der Waals surface area contributed by atoms with Crippen LogP contribution in [0.4, 0.5) is 21.6 Å². The number of anilines is 2. The first kappa shape index (κ1) is 17.9. The van der Waals surface area contributed by atoms with Gasteiger partial charge in [0, 0.05) is 29.9 Å². The van der Waals surface area contributed by atoms with Gasteiger partial charge in [-0.15, -0.1) is 0 Å². The van der Waals surface area contributed by atoms with Crippen molar-refractivity contribution in [3.8, 4) is 5.75 Å². The lowest BCUT2D eigenvalue weighted by atomic mass is 10.1. The summed E-state index contributed by atoms with van der Waals surface area (Å²) in [5, 5.41) is 7.81. The van der Waals surface area contributed by atoms with Crippen LogP contribution in [0, 0.1) is 12.7 Å². The number of ether oxygens (including phenoxy) is 1. The van der Waals surface area contributed by atoms with E-state index in [4.69, 9.17) is 21.7 Å². The highest BCUT2D eigenvalue weighted by Gasteiger charge is 2.13. The minimum Gasteiger partial charge on any atom is -0.485 e. The molecule has 0 bridgehead atoms. The minimum atomic E-state index is -0.416. The Morgan fingerprint density at radius 2 is 2.11 bits per heavy atom. The van der Waals surface area contributed by atoms with E-state index in [-0.39, 0.29) is 6.61 Å². The summed E-state index contributed by atoms with van der Waals surface area (Å²) in [6.07, 6.45) is 2.89. The second kappa shape index (κ2) is 7.65. The lowest BCUT2D eigenvalue weighted by molar-refractivity contribution is 0.289. The summed E-state index contributed by atoms with van der Waals surface area (Å²) >= 11 is 4.77. The monoisotopic (exact) mass is 395 g/mol. The van der Waals surface area contributed by atoms with Crippen LogP contribution in [0.3, 0.4) is 0 Å². The number of benzene rings is 2. The zero-order chi connectivity index (χ0) is 19.5. The van der Waals surface area contributed by atoms with E-state index in [0.29, 0.717) is 34.2 Å². The first-order valence-electron chi connectivity index (χ1n) is 8.31. The molecule has 2 heterocycles. The fourth-order valence-electron chi connectivity index (χ4n) is 2.83. The molecular formula is C19H14FN5O2S. The zero-order valence-corrected chi connectivity index (χ0v) is 15.5. The molecule has 0 saturated heterocycles. The normalized spacial score (nSPS) is 10.8. The van der Waals surface area contributed by atoms with Crippen LogP contribution in [0.15, 0.2) is 57.9 Å². The van der Waals surface area contributed by atoms with Crippen molar-refractivity contribution in [2.45, 2.75) is 13.5 Å². The highest BCUT2D eigenvalue weighted by atomic mass is 32.1. The van der Waals surface area contributed by atoms with E-state index >= 15 is 0 Å². The molecule has 28 heavy (non-hydrogen) atoms. The molecule has 2 aromatic carbocycles. The quantitative estimate of drug-likeness (QED) is 0.504. The standard InChI is InChI=1S/C19H14FN5O2S/c1-11-6-14(25-28)8-16-18(11)19(22-10-21-16)23-15-3-2-12(20)7-17(15)26-9-13-4-5-27-24-13/h2-8,10H,9H2,1H3,(H,21,22,23). The molecule has 0 fully saturated rings. The molecule has 2 aromatic heterocycles. The summed E-state index contributed by atoms with van der Waals surface area (Å²) in [6.45, 7) is 2.06. The summed E-state index contributed by atoms with van der Waals surface area (Å²) in [7, 11) is 0. The summed E-state index contributed by atoms with van der Waals surface area (Å²) in [5.41, 5.74) is 3.42. The fourth-order valence-corrected chi connectivity index (χ4v) is 2.94. The third kappa shape index (κ3) is 3.65. The molecule has 4 aromatic rings. The van der Waals surface area contributed by atoms with Gasteiger partial charge in [-0.1, -0.05) is 5.16 Å². The summed E-state index contributed by atoms with van der Waals surface area (Å²) < 4.78 is 28.1. The number of rotatable bonds is 6. The molecule has 0 aliphatic heterocycles. The molecule has 0 amide bonds. The van der Waals surface area contributed by atoms with Gasteiger partial charge in [-0.05, 0) is 36.8 Å². The minimum absolute atomic E-state index is 0.141. The van der Waals surface area contributed by atoms with Crippen LogP contribution in [0.25, 0.3) is 10.9 Å². The topological polar surface area (TPSA) is 85.4 Å². The number of fused-ring (bicyclic) bond motifs is 1. The van der Waals surface area contributed by atoms with Crippen molar-refractivity contribution in [2.24, 2.45) is 4.36 Å². The summed E-state index contributed by atoms with van der Waals surface area (Å²) in [4.78, 5) is 8.63. The number of nitrogens with zero attached hydrogens (tertiary/aromatic N) is 4. The molecule has 9 heteroatoms. The van der Waals surface area contributed by atoms with E-state index in [2.05, 4.69) is 24.8 Å². The largest absolute Gasteiger partial charge is 0.485 e. The Balaban J connectivity index is 1.70. The van der Waals surface area contributed by atoms with Crippen molar-refractivity contribution >= 4 is 40.5 Å². The molecule has 0 unspecified atom stereocenters. The third-order valence-corrected chi connectivity index (χ3v) is 4.30. The second-order valence-electron chi connectivity index (χ2n) is 6.02. The molecule has 0 atom stereocenters. The first-order valence-corrected chi connectivity index (χ1v) is 8.68. The van der Waals surface area contributed by atoms with Gasteiger partial charge in [0.1, 0.15) is 42.3 Å². The van der Waals surface area contributed by atoms with Crippen molar-refractivity contribution in [1.82, 2.24) is 15.1 Å². The Bertz CT molecular complexity index is 1150. The highest BCUT2D eigenvalue weighted by molar-refractivity contribution is 7.47. The molecular weight excluding hydrogens is 381 g/mol. The molecule has 1 N–H and O–H groups in total. The second-order valence-corrected chi connectivity index (χ2v) is 6.20. The van der Waals surface area contributed by atoms with Gasteiger partial charge >= 0.3 is 0 Å². The molecule has 4 rings (SSSR count). The van der Waals surface area contributed by atoms with Crippen molar-refractivity contribution in [3.63, 3.8) is 0 Å². The van der Waals surface area contributed by atoms with Gasteiger partial charge in [-0.3, -0.25) is 0 Å². The van der Waals surface area contributed by atoms with Crippen molar-refractivity contribution < 1.29 is 13.7 Å². The molecule has 0 radical (unpaired) electrons. The first-order chi connectivity index (χ1) is 13.6. The van der Waals surface area contributed by atoms with E-state index in [0.717, 1.165) is 10.9 Å². The van der Waals surface area contributed by atoms with Crippen molar-refractivity contribution in [1.29, 1.82) is 0 Å². The Kier molecular flexibility index (Phi) is 4.90. The van der Waals surface area contributed by atoms with Crippen LogP contribution < -0.4 is 10.1 Å². The maximum Gasteiger partial charge on any atom is 0.146 e. The maximum atomic E-state index is 13.8.